The van der Waals surface area contributed by atoms with E-state index < -0.39 is 0 Å². The van der Waals surface area contributed by atoms with Gasteiger partial charge in [-0.05, 0) is 25.1 Å². The van der Waals surface area contributed by atoms with Crippen molar-refractivity contribution in [1.29, 1.82) is 5.26 Å². The number of benzene rings is 1. The molecule has 2 heterocycles. The van der Waals surface area contributed by atoms with Crippen LogP contribution in [0.1, 0.15) is 21.6 Å². The Hall–Kier alpha value is -2.94. The number of hydrogen-bond donors (Lipinski definition) is 0. The third-order valence-corrected chi connectivity index (χ3v) is 3.91. The maximum atomic E-state index is 12.6. The number of aryl methyl sites for hydroxylation is 1. The van der Waals surface area contributed by atoms with E-state index in [0.717, 1.165) is 5.69 Å². The van der Waals surface area contributed by atoms with Crippen LogP contribution in [0.2, 0.25) is 0 Å². The first-order valence-electron chi connectivity index (χ1n) is 7.52. The molecule has 1 amide bonds. The standard InChI is InChI=1S/C17H17N5O/c1-13-6-7-19-17(20-13)22-10-8-21(9-11-22)16(23)15-5-3-2-4-14(15)12-18/h2-7H,8-11H2,1H3. The molecule has 1 saturated heterocycles. The lowest BCUT2D eigenvalue weighted by Gasteiger charge is -2.34. The van der Waals surface area contributed by atoms with Crippen molar-refractivity contribution >= 4 is 11.9 Å². The fourth-order valence-corrected chi connectivity index (χ4v) is 2.64. The van der Waals surface area contributed by atoms with Crippen LogP contribution < -0.4 is 4.90 Å². The van der Waals surface area contributed by atoms with Crippen molar-refractivity contribution in [3.8, 4) is 6.07 Å². The van der Waals surface area contributed by atoms with Crippen LogP contribution in [0.4, 0.5) is 5.95 Å². The van der Waals surface area contributed by atoms with E-state index in [1.54, 1.807) is 35.4 Å². The molecule has 6 heteroatoms. The molecule has 1 aliphatic rings. The van der Waals surface area contributed by atoms with E-state index in [1.807, 2.05) is 13.0 Å². The zero-order valence-electron chi connectivity index (χ0n) is 12.9. The fourth-order valence-electron chi connectivity index (χ4n) is 2.64. The summed E-state index contributed by atoms with van der Waals surface area (Å²) >= 11 is 0. The minimum absolute atomic E-state index is 0.0908. The Morgan fingerprint density at radius 3 is 2.61 bits per heavy atom. The normalized spacial score (nSPS) is 14.4. The Balaban J connectivity index is 1.69. The van der Waals surface area contributed by atoms with E-state index in [0.29, 0.717) is 43.3 Å². The second-order valence-electron chi connectivity index (χ2n) is 5.43. The summed E-state index contributed by atoms with van der Waals surface area (Å²) in [6, 6.07) is 10.9. The van der Waals surface area contributed by atoms with Gasteiger partial charge < -0.3 is 9.80 Å². The summed E-state index contributed by atoms with van der Waals surface area (Å²) in [5.41, 5.74) is 1.81. The largest absolute Gasteiger partial charge is 0.337 e. The lowest BCUT2D eigenvalue weighted by molar-refractivity contribution is 0.0746. The Kier molecular flexibility index (Phi) is 4.20. The van der Waals surface area contributed by atoms with Crippen LogP contribution in [0.25, 0.3) is 0 Å². The maximum Gasteiger partial charge on any atom is 0.255 e. The van der Waals surface area contributed by atoms with Gasteiger partial charge in [0.1, 0.15) is 0 Å². The average Bonchev–Trinajstić information content (AvgIpc) is 2.61. The first-order valence-corrected chi connectivity index (χ1v) is 7.52. The van der Waals surface area contributed by atoms with Crippen LogP contribution in [-0.4, -0.2) is 47.0 Å². The molecule has 23 heavy (non-hydrogen) atoms. The zero-order valence-corrected chi connectivity index (χ0v) is 12.9. The van der Waals surface area contributed by atoms with Crippen molar-refractivity contribution in [2.75, 3.05) is 31.1 Å². The highest BCUT2D eigenvalue weighted by molar-refractivity contribution is 5.96. The third kappa shape index (κ3) is 3.14. The van der Waals surface area contributed by atoms with Gasteiger partial charge in [-0.3, -0.25) is 4.79 Å². The van der Waals surface area contributed by atoms with Gasteiger partial charge in [-0.2, -0.15) is 5.26 Å². The van der Waals surface area contributed by atoms with Gasteiger partial charge >= 0.3 is 0 Å². The van der Waals surface area contributed by atoms with Gasteiger partial charge in [0.2, 0.25) is 5.95 Å². The van der Waals surface area contributed by atoms with E-state index in [1.165, 1.54) is 0 Å². The van der Waals surface area contributed by atoms with Crippen molar-refractivity contribution in [3.05, 3.63) is 53.3 Å². The van der Waals surface area contributed by atoms with E-state index in [4.69, 9.17) is 5.26 Å². The molecule has 3 rings (SSSR count). The summed E-state index contributed by atoms with van der Waals surface area (Å²) in [5.74, 6) is 0.612. The topological polar surface area (TPSA) is 73.1 Å². The minimum atomic E-state index is -0.0908. The molecule has 1 aliphatic heterocycles. The van der Waals surface area contributed by atoms with Crippen molar-refractivity contribution < 1.29 is 4.79 Å². The van der Waals surface area contributed by atoms with E-state index >= 15 is 0 Å². The third-order valence-electron chi connectivity index (χ3n) is 3.91. The molecule has 116 valence electrons. The quantitative estimate of drug-likeness (QED) is 0.843. The zero-order chi connectivity index (χ0) is 16.2. The average molecular weight is 307 g/mol. The maximum absolute atomic E-state index is 12.6. The summed E-state index contributed by atoms with van der Waals surface area (Å²) in [6.45, 7) is 4.49. The Morgan fingerprint density at radius 1 is 1.17 bits per heavy atom. The van der Waals surface area contributed by atoms with E-state index in [9.17, 15) is 4.79 Å². The predicted octanol–water partition coefficient (Wildman–Crippen LogP) is 1.62. The SMILES string of the molecule is Cc1ccnc(N2CCN(C(=O)c3ccccc3C#N)CC2)n1. The predicted molar refractivity (Wildman–Crippen MR) is 86.0 cm³/mol. The van der Waals surface area contributed by atoms with Crippen molar-refractivity contribution in [2.24, 2.45) is 0 Å². The number of nitrogens with zero attached hydrogens (tertiary/aromatic N) is 5. The molecule has 0 atom stereocenters. The lowest BCUT2D eigenvalue weighted by Crippen LogP contribution is -2.49. The van der Waals surface area contributed by atoms with Gasteiger partial charge in [0.05, 0.1) is 17.2 Å². The highest BCUT2D eigenvalue weighted by Gasteiger charge is 2.24. The smallest absolute Gasteiger partial charge is 0.255 e. The molecule has 0 N–H and O–H groups in total. The van der Waals surface area contributed by atoms with Crippen molar-refractivity contribution in [1.82, 2.24) is 14.9 Å². The first kappa shape index (κ1) is 15.0. The van der Waals surface area contributed by atoms with Crippen LogP contribution in [0.15, 0.2) is 36.5 Å². The van der Waals surface area contributed by atoms with Crippen LogP contribution >= 0.6 is 0 Å². The summed E-state index contributed by atoms with van der Waals surface area (Å²) in [7, 11) is 0. The number of carbonyl (C=O) groups is 1. The number of nitriles is 1. The number of hydrogen-bond acceptors (Lipinski definition) is 5. The van der Waals surface area contributed by atoms with Gasteiger partial charge in [0.25, 0.3) is 5.91 Å². The van der Waals surface area contributed by atoms with E-state index in [-0.39, 0.29) is 5.91 Å². The number of piperazine rings is 1. The van der Waals surface area contributed by atoms with Crippen LogP contribution in [-0.2, 0) is 0 Å². The Bertz CT molecular complexity index is 760. The second-order valence-corrected chi connectivity index (χ2v) is 5.43. The number of aromatic nitrogens is 2. The monoisotopic (exact) mass is 307 g/mol. The summed E-state index contributed by atoms with van der Waals surface area (Å²) in [6.07, 6.45) is 1.75. The molecule has 0 unspecified atom stereocenters. The molecule has 0 radical (unpaired) electrons. The second kappa shape index (κ2) is 6.44. The molecule has 1 aromatic carbocycles. The molecular formula is C17H17N5O. The fraction of sp³-hybridized carbons (Fsp3) is 0.294. The minimum Gasteiger partial charge on any atom is -0.337 e. The Labute approximate surface area is 135 Å². The molecular weight excluding hydrogens is 290 g/mol. The number of rotatable bonds is 2. The van der Waals surface area contributed by atoms with E-state index in [2.05, 4.69) is 20.9 Å². The molecule has 2 aromatic rings. The molecule has 0 bridgehead atoms. The van der Waals surface area contributed by atoms with Gasteiger partial charge in [-0.1, -0.05) is 12.1 Å². The molecule has 1 aromatic heterocycles. The summed E-state index contributed by atoms with van der Waals surface area (Å²) in [4.78, 5) is 25.2. The Morgan fingerprint density at radius 2 is 1.91 bits per heavy atom. The van der Waals surface area contributed by atoms with Crippen molar-refractivity contribution in [2.45, 2.75) is 6.92 Å². The molecule has 0 saturated carbocycles. The highest BCUT2D eigenvalue weighted by atomic mass is 16.2. The highest BCUT2D eigenvalue weighted by Crippen LogP contribution is 2.15. The summed E-state index contributed by atoms with van der Waals surface area (Å²) < 4.78 is 0. The van der Waals surface area contributed by atoms with Crippen LogP contribution in [0.5, 0.6) is 0 Å². The molecule has 0 spiro atoms. The van der Waals surface area contributed by atoms with Gasteiger partial charge in [0.15, 0.2) is 0 Å². The summed E-state index contributed by atoms with van der Waals surface area (Å²) in [5, 5.41) is 9.14. The van der Waals surface area contributed by atoms with Crippen LogP contribution in [0.3, 0.4) is 0 Å². The van der Waals surface area contributed by atoms with Gasteiger partial charge in [-0.15, -0.1) is 0 Å². The molecule has 0 aliphatic carbocycles. The number of anilines is 1. The molecule has 1 fully saturated rings. The number of carbonyl (C=O) groups excluding carboxylic acids is 1. The number of amides is 1. The lowest BCUT2D eigenvalue weighted by atomic mass is 10.1. The van der Waals surface area contributed by atoms with Crippen LogP contribution in [0, 0.1) is 18.3 Å². The van der Waals surface area contributed by atoms with Gasteiger partial charge in [-0.25, -0.2) is 9.97 Å². The first-order chi connectivity index (χ1) is 11.2. The molecule has 6 nitrogen and oxygen atoms in total. The van der Waals surface area contributed by atoms with Gasteiger partial charge in [0, 0.05) is 38.1 Å². The van der Waals surface area contributed by atoms with Crippen molar-refractivity contribution in [3.63, 3.8) is 0 Å².